The Hall–Kier alpha value is -3.96. The summed E-state index contributed by atoms with van der Waals surface area (Å²) < 4.78 is 9.31. The first kappa shape index (κ1) is 51.0. The van der Waals surface area contributed by atoms with E-state index in [1.165, 1.54) is 81.1 Å². The monoisotopic (exact) mass is 1640 g/mol. The van der Waals surface area contributed by atoms with Crippen molar-refractivity contribution in [2.45, 2.75) is 120 Å². The Morgan fingerprint density at radius 1 is 0.457 bits per heavy atom. The molecule has 10 aliphatic rings. The van der Waals surface area contributed by atoms with Gasteiger partial charge in [-0.15, -0.1) is 164 Å². The largest absolute Gasteiger partial charge is 0.351 e. The number of fused-ring (bicyclic) bond motifs is 10. The molecule has 0 amide bonds. The first-order valence-corrected chi connectivity index (χ1v) is 24.1. The van der Waals surface area contributed by atoms with Gasteiger partial charge in [0.05, 0.1) is 23.3 Å². The van der Waals surface area contributed by atoms with Crippen LogP contribution >= 0.6 is 0 Å². The van der Waals surface area contributed by atoms with Crippen molar-refractivity contribution >= 4 is 0 Å². The van der Waals surface area contributed by atoms with E-state index in [1.807, 2.05) is 72.8 Å². The number of benzene rings is 4. The SMILES string of the molecule is CC1(C)C2CCC1n1c(-c3[c-]cccc3)nnc12.[Ir].[Ir].[Ir].[Ir].[c-]1ccccc1-c1nnc2n1C1CC(C2)C1.[c-]1ccccc1-c1nnc2n1C1CCC2C1.[c-]1ccccc1-c1nnc2n1CC1CC2C1. The van der Waals surface area contributed by atoms with Crippen LogP contribution in [0.5, 0.6) is 0 Å². The van der Waals surface area contributed by atoms with Crippen LogP contribution in [0.4, 0.5) is 0 Å². The van der Waals surface area contributed by atoms with Crippen LogP contribution in [-0.2, 0) is 93.4 Å². The molecule has 8 aromatic rings. The van der Waals surface area contributed by atoms with Crippen LogP contribution in [0.2, 0.25) is 0 Å². The normalized spacial score (nSPS) is 24.9. The summed E-state index contributed by atoms with van der Waals surface area (Å²) in [7, 11) is 0. The first-order valence-electron chi connectivity index (χ1n) is 24.1. The zero-order valence-corrected chi connectivity index (χ0v) is 48.4. The molecule has 4 saturated carbocycles. The number of hydrogen-bond acceptors (Lipinski definition) is 8. The minimum atomic E-state index is 0. The summed E-state index contributed by atoms with van der Waals surface area (Å²) >= 11 is 0. The third-order valence-corrected chi connectivity index (χ3v) is 16.1. The van der Waals surface area contributed by atoms with Gasteiger partial charge < -0.3 is 18.3 Å². The molecular formula is C54H52Ir4N12-4. The molecule has 16 heteroatoms. The van der Waals surface area contributed by atoms with E-state index in [-0.39, 0.29) is 80.4 Å². The van der Waals surface area contributed by atoms with E-state index < -0.39 is 0 Å². The summed E-state index contributed by atoms with van der Waals surface area (Å²) in [6.45, 7) is 5.82. The Morgan fingerprint density at radius 2 is 0.986 bits per heavy atom. The maximum absolute atomic E-state index is 4.44. The molecular weight excluding hydrogens is 1590 g/mol. The maximum atomic E-state index is 4.44. The molecule has 10 heterocycles. The fourth-order valence-corrected chi connectivity index (χ4v) is 12.7. The van der Waals surface area contributed by atoms with Gasteiger partial charge in [-0.3, -0.25) is 0 Å². The van der Waals surface area contributed by atoms with Gasteiger partial charge in [0, 0.05) is 129 Å². The van der Waals surface area contributed by atoms with E-state index in [9.17, 15) is 0 Å². The van der Waals surface area contributed by atoms with Crippen molar-refractivity contribution in [3.05, 3.63) is 145 Å². The third-order valence-electron chi connectivity index (χ3n) is 16.1. The van der Waals surface area contributed by atoms with E-state index in [4.69, 9.17) is 0 Å². The molecule has 368 valence electrons. The van der Waals surface area contributed by atoms with Gasteiger partial charge in [-0.05, 0) is 75.0 Å². The molecule has 0 N–H and O–H groups in total. The van der Waals surface area contributed by atoms with Gasteiger partial charge in [0.2, 0.25) is 0 Å². The summed E-state index contributed by atoms with van der Waals surface area (Å²) in [5.41, 5.74) is 4.57. The van der Waals surface area contributed by atoms with Gasteiger partial charge in [0.25, 0.3) is 0 Å². The number of rotatable bonds is 4. The Kier molecular flexibility index (Phi) is 15.2. The van der Waals surface area contributed by atoms with Gasteiger partial charge in [-0.2, -0.15) is 20.4 Å². The summed E-state index contributed by atoms with van der Waals surface area (Å²) in [6, 6.07) is 46.8. The molecule has 4 aliphatic carbocycles. The second-order valence-corrected chi connectivity index (χ2v) is 20.3. The smallest absolute Gasteiger partial charge is 0.127 e. The van der Waals surface area contributed by atoms with Crippen molar-refractivity contribution in [1.82, 2.24) is 59.1 Å². The third kappa shape index (κ3) is 8.80. The molecule has 4 aromatic heterocycles. The standard InChI is InChI=1S/C15H16N3.3C13H12N3.4Ir/c1-15(2)11-8-9-12(15)18-13(16-17-14(11)18)10-6-4-3-5-7-10;1-2-4-10(5-3-1)12-14-15-13-11-6-9(7-11)8-16(12)13;1-2-4-10(5-3-1)13-15-14-12-8-9-6-11(7-9)16(12)13;1-2-4-9(5-3-1)12-14-15-13-10-6-7-11(8-10)16(12)13;;;;/h3-6,11-12H,8-9H2,1-2H3;2*1-4,9,11H,6-8H2;1-4,10-11H,6-8H2;;;;/q4*-1;;;;. The van der Waals surface area contributed by atoms with E-state index in [1.54, 1.807) is 0 Å². The zero-order valence-electron chi connectivity index (χ0n) is 38.8. The number of nitrogens with zero attached hydrogens (tertiary/aromatic N) is 12. The fourth-order valence-electron chi connectivity index (χ4n) is 12.7. The average molecular weight is 1640 g/mol. The van der Waals surface area contributed by atoms with Crippen molar-refractivity contribution in [1.29, 1.82) is 0 Å². The van der Waals surface area contributed by atoms with Crippen LogP contribution in [0.1, 0.15) is 131 Å². The molecule has 70 heavy (non-hydrogen) atoms. The summed E-state index contributed by atoms with van der Waals surface area (Å²) in [5.74, 6) is 12.4. The zero-order chi connectivity index (χ0) is 43.9. The first-order chi connectivity index (χ1) is 32.5. The van der Waals surface area contributed by atoms with E-state index in [0.717, 1.165) is 70.4 Å². The van der Waals surface area contributed by atoms with Crippen LogP contribution in [0.15, 0.2) is 97.1 Å². The molecule has 4 unspecified atom stereocenters. The topological polar surface area (TPSA) is 123 Å². The van der Waals surface area contributed by atoms with Gasteiger partial charge in [-0.1, -0.05) is 13.8 Å². The quantitative estimate of drug-likeness (QED) is 0.160. The van der Waals surface area contributed by atoms with Gasteiger partial charge in [-0.25, -0.2) is 0 Å². The minimum absolute atomic E-state index is 0. The summed E-state index contributed by atoms with van der Waals surface area (Å²) in [6.07, 6.45) is 12.7. The molecule has 0 spiro atoms. The van der Waals surface area contributed by atoms with E-state index in [0.29, 0.717) is 41.3 Å². The van der Waals surface area contributed by atoms with Gasteiger partial charge in [0.1, 0.15) is 23.3 Å². The van der Waals surface area contributed by atoms with Crippen molar-refractivity contribution in [2.75, 3.05) is 0 Å². The Labute approximate surface area is 463 Å². The minimum Gasteiger partial charge on any atom is -0.351 e. The predicted molar refractivity (Wildman–Crippen MR) is 249 cm³/mol. The molecule has 4 aromatic carbocycles. The van der Waals surface area contributed by atoms with Crippen molar-refractivity contribution in [2.24, 2.45) is 17.3 Å². The molecule has 12 nitrogen and oxygen atoms in total. The molecule has 6 aliphatic heterocycles. The Bertz CT molecular complexity index is 2960. The van der Waals surface area contributed by atoms with E-state index in [2.05, 4.69) is 121 Å². The van der Waals surface area contributed by atoms with Crippen LogP contribution in [0.25, 0.3) is 45.6 Å². The van der Waals surface area contributed by atoms with Crippen LogP contribution in [0.3, 0.4) is 0 Å². The molecule has 8 bridgehead atoms. The second kappa shape index (κ2) is 20.9. The van der Waals surface area contributed by atoms with Gasteiger partial charge in [0.15, 0.2) is 0 Å². The fraction of sp³-hybridized carbons (Fsp3) is 0.407. The van der Waals surface area contributed by atoms with Crippen molar-refractivity contribution in [3.63, 3.8) is 0 Å². The molecule has 4 radical (unpaired) electrons. The van der Waals surface area contributed by atoms with Crippen LogP contribution in [0, 0.1) is 41.5 Å². The van der Waals surface area contributed by atoms with Gasteiger partial charge >= 0.3 is 0 Å². The van der Waals surface area contributed by atoms with Crippen molar-refractivity contribution < 1.29 is 80.4 Å². The Morgan fingerprint density at radius 3 is 1.59 bits per heavy atom. The molecule has 0 saturated heterocycles. The van der Waals surface area contributed by atoms with Crippen LogP contribution in [-0.4, -0.2) is 59.1 Å². The second-order valence-electron chi connectivity index (χ2n) is 20.3. The van der Waals surface area contributed by atoms with E-state index >= 15 is 0 Å². The maximum Gasteiger partial charge on any atom is 0.127 e. The summed E-state index contributed by atoms with van der Waals surface area (Å²) in [4.78, 5) is 0. The molecule has 18 rings (SSSR count). The van der Waals surface area contributed by atoms with Crippen LogP contribution < -0.4 is 0 Å². The number of hydrogen-bond donors (Lipinski definition) is 0. The molecule has 4 fully saturated rings. The van der Waals surface area contributed by atoms with Crippen molar-refractivity contribution in [3.8, 4) is 45.6 Å². The number of aromatic nitrogens is 12. The summed E-state index contributed by atoms with van der Waals surface area (Å²) in [5, 5.41) is 34.8. The predicted octanol–water partition coefficient (Wildman–Crippen LogP) is 10.3. The Balaban J connectivity index is 0.000000114. The average Bonchev–Trinajstić information content (AvgIpc) is 4.22. The molecule has 4 atom stereocenters.